The van der Waals surface area contributed by atoms with Crippen LogP contribution in [0.15, 0.2) is 0 Å². The molecule has 0 bridgehead atoms. The number of halogens is 3. The maximum atomic E-state index is 11.0. The molecule has 0 radical (unpaired) electrons. The summed E-state index contributed by atoms with van der Waals surface area (Å²) in [6.07, 6.45) is 0. The van der Waals surface area contributed by atoms with Crippen molar-refractivity contribution in [1.29, 1.82) is 0 Å². The number of hydrogen-bond donors (Lipinski definition) is 1. The molecule has 0 aliphatic carbocycles. The van der Waals surface area contributed by atoms with Crippen LogP contribution >= 0.6 is 34.8 Å². The second kappa shape index (κ2) is 4.88. The first kappa shape index (κ1) is 12.8. The maximum absolute atomic E-state index is 11.0. The van der Waals surface area contributed by atoms with E-state index in [1.807, 2.05) is 0 Å². The molecule has 0 spiro atoms. The van der Waals surface area contributed by atoms with Gasteiger partial charge in [-0.25, -0.2) is 4.79 Å². The number of alkyl halides is 3. The van der Waals surface area contributed by atoms with Crippen molar-refractivity contribution in [3.8, 4) is 0 Å². The van der Waals surface area contributed by atoms with E-state index < -0.39 is 21.7 Å². The van der Waals surface area contributed by atoms with Crippen molar-refractivity contribution in [2.75, 3.05) is 7.11 Å². The fourth-order valence-electron chi connectivity index (χ4n) is 0.514. The van der Waals surface area contributed by atoms with Crippen LogP contribution in [-0.2, 0) is 14.3 Å². The fourth-order valence-corrected chi connectivity index (χ4v) is 0.678. The molecule has 0 heterocycles. The lowest BCUT2D eigenvalue weighted by molar-refractivity contribution is -0.144. The van der Waals surface area contributed by atoms with Gasteiger partial charge in [0.25, 0.3) is 9.70 Å². The summed E-state index contributed by atoms with van der Waals surface area (Å²) in [7, 11) is 1.19. The minimum Gasteiger partial charge on any atom is -0.467 e. The maximum Gasteiger partial charge on any atom is 0.328 e. The molecule has 1 atom stereocenters. The zero-order valence-corrected chi connectivity index (χ0v) is 9.20. The number of rotatable bonds is 2. The molecular weight excluding hydrogens is 240 g/mol. The molecule has 1 N–H and O–H groups in total. The molecule has 7 heteroatoms. The predicted molar refractivity (Wildman–Crippen MR) is 49.9 cm³/mol. The van der Waals surface area contributed by atoms with Crippen LogP contribution in [0.1, 0.15) is 6.92 Å². The Morgan fingerprint density at radius 2 is 1.85 bits per heavy atom. The number of hydrogen-bond acceptors (Lipinski definition) is 3. The van der Waals surface area contributed by atoms with Gasteiger partial charge in [-0.05, 0) is 6.92 Å². The Balaban J connectivity index is 4.15. The van der Waals surface area contributed by atoms with Crippen LogP contribution in [0.2, 0.25) is 0 Å². The highest BCUT2D eigenvalue weighted by atomic mass is 35.6. The van der Waals surface area contributed by atoms with Crippen molar-refractivity contribution in [2.24, 2.45) is 0 Å². The van der Waals surface area contributed by atoms with Crippen LogP contribution in [0, 0.1) is 0 Å². The molecule has 0 aromatic carbocycles. The lowest BCUT2D eigenvalue weighted by Gasteiger charge is -2.15. The van der Waals surface area contributed by atoms with Crippen molar-refractivity contribution < 1.29 is 14.3 Å². The zero-order valence-electron chi connectivity index (χ0n) is 6.94. The summed E-state index contributed by atoms with van der Waals surface area (Å²) in [4.78, 5) is 21.8. The molecule has 0 aromatic rings. The second-order valence-corrected chi connectivity index (χ2v) is 4.50. The highest BCUT2D eigenvalue weighted by molar-refractivity contribution is 6.76. The van der Waals surface area contributed by atoms with Crippen LogP contribution in [0.4, 0.5) is 0 Å². The Hall–Kier alpha value is -0.190. The number of ether oxygens (including phenoxy) is 1. The minimum absolute atomic E-state index is 0.609. The molecule has 0 saturated carbocycles. The highest BCUT2D eigenvalue weighted by Crippen LogP contribution is 2.25. The number of nitrogens with one attached hydrogen (secondary N) is 1. The number of carbonyl (C=O) groups is 2. The topological polar surface area (TPSA) is 55.4 Å². The zero-order chi connectivity index (χ0) is 10.6. The molecule has 13 heavy (non-hydrogen) atoms. The van der Waals surface area contributed by atoms with Crippen LogP contribution < -0.4 is 5.32 Å². The predicted octanol–water partition coefficient (Wildman–Crippen LogP) is 1.03. The quantitative estimate of drug-likeness (QED) is 0.587. The van der Waals surface area contributed by atoms with Crippen molar-refractivity contribution in [1.82, 2.24) is 5.32 Å². The summed E-state index contributed by atoms with van der Waals surface area (Å²) in [5, 5.41) is 2.16. The molecule has 76 valence electrons. The molecule has 0 fully saturated rings. The van der Waals surface area contributed by atoms with E-state index in [9.17, 15) is 9.59 Å². The van der Waals surface area contributed by atoms with E-state index in [4.69, 9.17) is 34.8 Å². The SMILES string of the molecule is COC(=O)[C@H](C)NC(=O)C(Cl)(Cl)Cl. The fraction of sp³-hybridized carbons (Fsp3) is 0.667. The molecule has 4 nitrogen and oxygen atoms in total. The van der Waals surface area contributed by atoms with Gasteiger partial charge in [-0.3, -0.25) is 4.79 Å². The Bertz CT molecular complexity index is 214. The van der Waals surface area contributed by atoms with Gasteiger partial charge in [0.2, 0.25) is 0 Å². The second-order valence-electron chi connectivity index (χ2n) is 2.22. The van der Waals surface area contributed by atoms with Gasteiger partial charge in [-0.2, -0.15) is 0 Å². The van der Waals surface area contributed by atoms with Crippen molar-refractivity contribution in [2.45, 2.75) is 16.8 Å². The summed E-state index contributed by atoms with van der Waals surface area (Å²) in [5.74, 6) is -1.47. The van der Waals surface area contributed by atoms with Crippen molar-refractivity contribution in [3.05, 3.63) is 0 Å². The Labute approximate surface area is 90.5 Å². The summed E-state index contributed by atoms with van der Waals surface area (Å²) in [5.41, 5.74) is 0. The summed E-state index contributed by atoms with van der Waals surface area (Å²) in [6.45, 7) is 1.42. The molecular formula is C6H8Cl3NO3. The van der Waals surface area contributed by atoms with Gasteiger partial charge >= 0.3 is 5.97 Å². The van der Waals surface area contributed by atoms with Crippen LogP contribution in [0.3, 0.4) is 0 Å². The first-order valence-electron chi connectivity index (χ1n) is 3.24. The van der Waals surface area contributed by atoms with Gasteiger partial charge in [0, 0.05) is 0 Å². The molecule has 1 amide bonds. The number of amides is 1. The van der Waals surface area contributed by atoms with Gasteiger partial charge in [-0.15, -0.1) is 0 Å². The Morgan fingerprint density at radius 3 is 2.15 bits per heavy atom. The summed E-state index contributed by atoms with van der Waals surface area (Å²) in [6, 6.07) is -0.840. The molecule has 0 aromatic heterocycles. The van der Waals surface area contributed by atoms with E-state index in [1.165, 1.54) is 14.0 Å². The van der Waals surface area contributed by atoms with E-state index in [1.54, 1.807) is 0 Å². The van der Waals surface area contributed by atoms with Gasteiger partial charge < -0.3 is 10.1 Å². The highest BCUT2D eigenvalue weighted by Gasteiger charge is 2.32. The average molecular weight is 248 g/mol. The lowest BCUT2D eigenvalue weighted by Crippen LogP contribution is -2.44. The smallest absolute Gasteiger partial charge is 0.328 e. The van der Waals surface area contributed by atoms with Crippen molar-refractivity contribution >= 4 is 46.7 Å². The number of esters is 1. The minimum atomic E-state index is -2.07. The summed E-state index contributed by atoms with van der Waals surface area (Å²) >= 11 is 15.7. The van der Waals surface area contributed by atoms with Crippen LogP contribution in [-0.4, -0.2) is 28.8 Å². The Morgan fingerprint density at radius 1 is 1.38 bits per heavy atom. The van der Waals surface area contributed by atoms with Gasteiger partial charge in [0.05, 0.1) is 7.11 Å². The van der Waals surface area contributed by atoms with E-state index >= 15 is 0 Å². The standard InChI is InChI=1S/C6H8Cl3NO3/c1-3(4(11)13-2)10-5(12)6(7,8)9/h3H,1-2H3,(H,10,12)/t3-/m0/s1. The monoisotopic (exact) mass is 247 g/mol. The first-order chi connectivity index (χ1) is 5.79. The molecule has 0 aliphatic heterocycles. The van der Waals surface area contributed by atoms with Gasteiger partial charge in [0.1, 0.15) is 6.04 Å². The molecule has 0 saturated heterocycles. The van der Waals surface area contributed by atoms with Crippen LogP contribution in [0.25, 0.3) is 0 Å². The third-order valence-corrected chi connectivity index (χ3v) is 1.67. The van der Waals surface area contributed by atoms with Gasteiger partial charge in [0.15, 0.2) is 0 Å². The molecule has 0 unspecified atom stereocenters. The van der Waals surface area contributed by atoms with E-state index in [-0.39, 0.29) is 0 Å². The molecule has 0 aliphatic rings. The third kappa shape index (κ3) is 4.55. The van der Waals surface area contributed by atoms with E-state index in [2.05, 4.69) is 10.1 Å². The van der Waals surface area contributed by atoms with Crippen LogP contribution in [0.5, 0.6) is 0 Å². The largest absolute Gasteiger partial charge is 0.467 e. The first-order valence-corrected chi connectivity index (χ1v) is 4.38. The summed E-state index contributed by atoms with van der Waals surface area (Å²) < 4.78 is 2.28. The third-order valence-electron chi connectivity index (χ3n) is 1.16. The number of methoxy groups -OCH3 is 1. The van der Waals surface area contributed by atoms with E-state index in [0.29, 0.717) is 0 Å². The van der Waals surface area contributed by atoms with Gasteiger partial charge in [-0.1, -0.05) is 34.8 Å². The normalized spacial score (nSPS) is 13.3. The Kier molecular flexibility index (Phi) is 4.81. The van der Waals surface area contributed by atoms with Crippen molar-refractivity contribution in [3.63, 3.8) is 0 Å². The average Bonchev–Trinajstić information content (AvgIpc) is 2.01. The van der Waals surface area contributed by atoms with E-state index in [0.717, 1.165) is 0 Å². The molecule has 0 rings (SSSR count). The lowest BCUT2D eigenvalue weighted by atomic mass is 10.3. The number of carbonyl (C=O) groups excluding carboxylic acids is 2.